The lowest BCUT2D eigenvalue weighted by atomic mass is 10.3. The first-order chi connectivity index (χ1) is 20.0. The zero-order valence-corrected chi connectivity index (χ0v) is 23.5. The third-order valence-corrected chi connectivity index (χ3v) is 8.62. The summed E-state index contributed by atoms with van der Waals surface area (Å²) in [6, 6.07) is 24.0. The molecule has 1 fully saturated rings. The van der Waals surface area contributed by atoms with E-state index in [-0.39, 0.29) is 24.0 Å². The Morgan fingerprint density at radius 1 is 0.976 bits per heavy atom. The molecule has 1 saturated heterocycles. The Labute approximate surface area is 243 Å². The molecule has 0 saturated carbocycles. The molecule has 0 radical (unpaired) electrons. The van der Waals surface area contributed by atoms with Crippen molar-refractivity contribution in [1.29, 1.82) is 0 Å². The number of anilines is 1. The highest BCUT2D eigenvalue weighted by Gasteiger charge is 2.25. The van der Waals surface area contributed by atoms with Crippen LogP contribution >= 0.6 is 23.1 Å². The Bertz CT molecular complexity index is 1670. The van der Waals surface area contributed by atoms with Gasteiger partial charge in [0, 0.05) is 44.0 Å². The minimum Gasteiger partial charge on any atom is -0.486 e. The first-order valence-electron chi connectivity index (χ1n) is 12.9. The summed E-state index contributed by atoms with van der Waals surface area (Å²) < 4.78 is 8.63. The van der Waals surface area contributed by atoms with E-state index in [0.717, 1.165) is 26.8 Å². The Morgan fingerprint density at radius 3 is 2.44 bits per heavy atom. The summed E-state index contributed by atoms with van der Waals surface area (Å²) >= 11 is 2.79. The SMILES string of the molecule is O=C(CSc1nnc(COc2ccccc2)n1-c1ccccc1)N1CCN(c2nc3ccc([N+](=O)[O-])cc3s2)CC1. The first kappa shape index (κ1) is 26.7. The van der Waals surface area contributed by atoms with Gasteiger partial charge in [-0.15, -0.1) is 10.2 Å². The van der Waals surface area contributed by atoms with Crippen molar-refractivity contribution in [2.75, 3.05) is 36.8 Å². The molecule has 1 aliphatic heterocycles. The predicted molar refractivity (Wildman–Crippen MR) is 158 cm³/mol. The average molecular weight is 588 g/mol. The number of amides is 1. The molecular formula is C28H25N7O4S2. The molecule has 0 atom stereocenters. The van der Waals surface area contributed by atoms with Crippen LogP contribution in [0.4, 0.5) is 10.8 Å². The van der Waals surface area contributed by atoms with Crippen molar-refractivity contribution in [3.05, 3.63) is 94.8 Å². The summed E-state index contributed by atoms with van der Waals surface area (Å²) in [6.07, 6.45) is 0. The van der Waals surface area contributed by atoms with E-state index in [9.17, 15) is 14.9 Å². The number of benzene rings is 3. The van der Waals surface area contributed by atoms with Gasteiger partial charge in [0.15, 0.2) is 16.1 Å². The monoisotopic (exact) mass is 587 g/mol. The number of nitro groups is 1. The van der Waals surface area contributed by atoms with Crippen LogP contribution in [0.15, 0.2) is 84.0 Å². The largest absolute Gasteiger partial charge is 0.486 e. The lowest BCUT2D eigenvalue weighted by molar-refractivity contribution is -0.384. The zero-order valence-electron chi connectivity index (χ0n) is 21.8. The number of hydrogen-bond acceptors (Lipinski definition) is 10. The van der Waals surface area contributed by atoms with Gasteiger partial charge in [0.1, 0.15) is 12.4 Å². The highest BCUT2D eigenvalue weighted by molar-refractivity contribution is 7.99. The number of fused-ring (bicyclic) bond motifs is 1. The van der Waals surface area contributed by atoms with Gasteiger partial charge in [0.2, 0.25) is 5.91 Å². The number of nitro benzene ring substituents is 1. The van der Waals surface area contributed by atoms with Crippen LogP contribution in [-0.2, 0) is 11.4 Å². The second-order valence-corrected chi connectivity index (χ2v) is 11.2. The van der Waals surface area contributed by atoms with Gasteiger partial charge >= 0.3 is 0 Å². The minimum atomic E-state index is -0.400. The van der Waals surface area contributed by atoms with E-state index in [1.54, 1.807) is 12.1 Å². The molecule has 5 aromatic rings. The average Bonchev–Trinajstić information content (AvgIpc) is 3.63. The Kier molecular flexibility index (Phi) is 7.78. The van der Waals surface area contributed by atoms with Crippen LogP contribution in [0.2, 0.25) is 0 Å². The van der Waals surface area contributed by atoms with Crippen molar-refractivity contribution >= 4 is 50.0 Å². The number of hydrogen-bond donors (Lipinski definition) is 0. The number of thioether (sulfide) groups is 1. The Balaban J connectivity index is 1.09. The predicted octanol–water partition coefficient (Wildman–Crippen LogP) is 4.81. The molecule has 0 spiro atoms. The molecule has 1 amide bonds. The number of carbonyl (C=O) groups excluding carboxylic acids is 1. The molecular weight excluding hydrogens is 562 g/mol. The van der Waals surface area contributed by atoms with Crippen molar-refractivity contribution in [1.82, 2.24) is 24.6 Å². The van der Waals surface area contributed by atoms with E-state index < -0.39 is 4.92 Å². The maximum atomic E-state index is 13.1. The Morgan fingerprint density at radius 2 is 1.71 bits per heavy atom. The number of aromatic nitrogens is 4. The Hall–Kier alpha value is -4.49. The minimum absolute atomic E-state index is 0.0271. The number of thiazole rings is 1. The standard InChI is InChI=1S/C28H25N7O4S2/c36-26(32-13-15-33(16-14-32)27-29-23-12-11-21(35(37)38)17-24(23)41-27)19-40-28-31-30-25(18-39-22-9-5-2-6-10-22)34(28)20-7-3-1-4-8-20/h1-12,17H,13-16,18-19H2. The summed E-state index contributed by atoms with van der Waals surface area (Å²) in [5.74, 6) is 1.64. The second-order valence-electron chi connectivity index (χ2n) is 9.23. The summed E-state index contributed by atoms with van der Waals surface area (Å²) in [7, 11) is 0. The topological polar surface area (TPSA) is 120 Å². The zero-order chi connectivity index (χ0) is 28.2. The maximum absolute atomic E-state index is 13.1. The molecule has 2 aromatic heterocycles. The molecule has 1 aliphatic rings. The van der Waals surface area contributed by atoms with Gasteiger partial charge in [-0.1, -0.05) is 59.5 Å². The lowest BCUT2D eigenvalue weighted by Gasteiger charge is -2.34. The van der Waals surface area contributed by atoms with E-state index in [1.165, 1.54) is 29.2 Å². The number of piperazine rings is 1. The highest BCUT2D eigenvalue weighted by Crippen LogP contribution is 2.32. The van der Waals surface area contributed by atoms with Crippen LogP contribution in [0.3, 0.4) is 0 Å². The van der Waals surface area contributed by atoms with Crippen molar-refractivity contribution in [3.8, 4) is 11.4 Å². The highest BCUT2D eigenvalue weighted by atomic mass is 32.2. The summed E-state index contributed by atoms with van der Waals surface area (Å²) in [5.41, 5.74) is 1.69. The van der Waals surface area contributed by atoms with Gasteiger partial charge in [0.25, 0.3) is 5.69 Å². The normalized spacial score (nSPS) is 13.5. The summed E-state index contributed by atoms with van der Waals surface area (Å²) in [5, 5.41) is 21.3. The molecule has 208 valence electrons. The lowest BCUT2D eigenvalue weighted by Crippen LogP contribution is -2.49. The molecule has 3 aromatic carbocycles. The molecule has 11 nitrogen and oxygen atoms in total. The number of carbonyl (C=O) groups is 1. The number of rotatable bonds is 9. The smallest absolute Gasteiger partial charge is 0.270 e. The molecule has 0 bridgehead atoms. The fraction of sp³-hybridized carbons (Fsp3) is 0.214. The quantitative estimate of drug-likeness (QED) is 0.136. The van der Waals surface area contributed by atoms with Crippen molar-refractivity contribution in [2.24, 2.45) is 0 Å². The van der Waals surface area contributed by atoms with Crippen LogP contribution in [0.1, 0.15) is 5.82 Å². The first-order valence-corrected chi connectivity index (χ1v) is 14.7. The van der Waals surface area contributed by atoms with Gasteiger partial charge in [-0.25, -0.2) is 4.98 Å². The third kappa shape index (κ3) is 6.00. The van der Waals surface area contributed by atoms with E-state index in [1.807, 2.05) is 70.1 Å². The van der Waals surface area contributed by atoms with Crippen LogP contribution < -0.4 is 9.64 Å². The second kappa shape index (κ2) is 11.9. The number of ether oxygens (including phenoxy) is 1. The number of non-ortho nitro benzene ring substituents is 1. The van der Waals surface area contributed by atoms with Gasteiger partial charge in [-0.2, -0.15) is 0 Å². The van der Waals surface area contributed by atoms with Crippen LogP contribution in [-0.4, -0.2) is 67.4 Å². The van der Waals surface area contributed by atoms with Crippen molar-refractivity contribution < 1.29 is 14.5 Å². The summed E-state index contributed by atoms with van der Waals surface area (Å²) in [4.78, 5) is 32.5. The van der Waals surface area contributed by atoms with Gasteiger partial charge in [-0.05, 0) is 30.3 Å². The van der Waals surface area contributed by atoms with E-state index in [2.05, 4.69) is 20.1 Å². The van der Waals surface area contributed by atoms with Crippen LogP contribution in [0.25, 0.3) is 15.9 Å². The maximum Gasteiger partial charge on any atom is 0.270 e. The van der Waals surface area contributed by atoms with Crippen LogP contribution in [0, 0.1) is 10.1 Å². The molecule has 0 N–H and O–H groups in total. The van der Waals surface area contributed by atoms with E-state index in [4.69, 9.17) is 4.74 Å². The van der Waals surface area contributed by atoms with Gasteiger partial charge < -0.3 is 14.5 Å². The van der Waals surface area contributed by atoms with E-state index in [0.29, 0.717) is 37.2 Å². The number of nitrogens with zero attached hydrogens (tertiary/aromatic N) is 7. The fourth-order valence-electron chi connectivity index (χ4n) is 4.50. The van der Waals surface area contributed by atoms with Gasteiger partial charge in [0.05, 0.1) is 20.9 Å². The number of para-hydroxylation sites is 2. The summed E-state index contributed by atoms with van der Waals surface area (Å²) in [6.45, 7) is 2.65. The van der Waals surface area contributed by atoms with Crippen molar-refractivity contribution in [3.63, 3.8) is 0 Å². The molecule has 41 heavy (non-hydrogen) atoms. The molecule has 0 unspecified atom stereocenters. The molecule has 13 heteroatoms. The van der Waals surface area contributed by atoms with Crippen molar-refractivity contribution in [2.45, 2.75) is 11.8 Å². The van der Waals surface area contributed by atoms with Crippen LogP contribution in [0.5, 0.6) is 5.75 Å². The fourth-order valence-corrected chi connectivity index (χ4v) is 6.43. The van der Waals surface area contributed by atoms with E-state index >= 15 is 0 Å². The van der Waals surface area contributed by atoms with Gasteiger partial charge in [-0.3, -0.25) is 19.5 Å². The molecule has 0 aliphatic carbocycles. The molecule has 6 rings (SSSR count). The third-order valence-electron chi connectivity index (χ3n) is 6.63. The molecule has 3 heterocycles.